The van der Waals surface area contributed by atoms with Crippen molar-refractivity contribution >= 4 is 9.84 Å². The molecule has 2 aliphatic heterocycles. The average Bonchev–Trinajstić information content (AvgIpc) is 2.41. The Kier molecular flexibility index (Phi) is 2.79. The lowest BCUT2D eigenvalue weighted by molar-refractivity contribution is -0.932. The van der Waals surface area contributed by atoms with Crippen LogP contribution in [0.5, 0.6) is 0 Å². The maximum atomic E-state index is 11.3. The molecule has 0 amide bonds. The van der Waals surface area contributed by atoms with Crippen LogP contribution in [-0.2, 0) is 14.6 Å². The highest BCUT2D eigenvalue weighted by molar-refractivity contribution is 7.91. The second-order valence-corrected chi connectivity index (χ2v) is 6.18. The summed E-state index contributed by atoms with van der Waals surface area (Å²) in [6, 6.07) is -0.135. The molecule has 5 nitrogen and oxygen atoms in total. The minimum absolute atomic E-state index is 0.0674. The van der Waals surface area contributed by atoms with Gasteiger partial charge in [0, 0.05) is 0 Å². The van der Waals surface area contributed by atoms with E-state index < -0.39 is 15.9 Å². The van der Waals surface area contributed by atoms with Gasteiger partial charge in [0.1, 0.15) is 31.0 Å². The van der Waals surface area contributed by atoms with Crippen molar-refractivity contribution in [2.45, 2.75) is 12.1 Å². The van der Waals surface area contributed by atoms with Crippen LogP contribution in [0.3, 0.4) is 0 Å². The van der Waals surface area contributed by atoms with Gasteiger partial charge in [-0.3, -0.25) is 0 Å². The van der Waals surface area contributed by atoms with E-state index in [1.54, 1.807) is 0 Å². The van der Waals surface area contributed by atoms with Crippen LogP contribution in [0.25, 0.3) is 0 Å². The van der Waals surface area contributed by atoms with Crippen LogP contribution < -0.4 is 4.90 Å². The Morgan fingerprint density at radius 2 is 1.86 bits per heavy atom. The topological polar surface area (TPSA) is 68.0 Å². The van der Waals surface area contributed by atoms with Crippen LogP contribution in [0.4, 0.5) is 0 Å². The standard InChI is InChI=1S/C8H15NO4S/c10-8-6-14(11,12)5-7(8)9-1-3-13-4-2-9/h7-8,10H,1-6H2/p+1/t7-,8-/m0/s1. The second kappa shape index (κ2) is 3.77. The smallest absolute Gasteiger partial charge is 0.159 e. The fourth-order valence-corrected chi connectivity index (χ4v) is 4.12. The summed E-state index contributed by atoms with van der Waals surface area (Å²) in [6.45, 7) is 2.94. The Balaban J connectivity index is 2.04. The van der Waals surface area contributed by atoms with E-state index in [2.05, 4.69) is 0 Å². The molecule has 0 aromatic carbocycles. The number of ether oxygens (including phenoxy) is 1. The van der Waals surface area contributed by atoms with Crippen molar-refractivity contribution in [2.75, 3.05) is 37.8 Å². The van der Waals surface area contributed by atoms with Gasteiger partial charge in [0.15, 0.2) is 9.84 Å². The molecular weight excluding hydrogens is 206 g/mol. The number of rotatable bonds is 1. The fraction of sp³-hybridized carbons (Fsp3) is 1.00. The fourth-order valence-electron chi connectivity index (χ4n) is 2.22. The number of sulfone groups is 1. The highest BCUT2D eigenvalue weighted by Crippen LogP contribution is 2.10. The number of morpholine rings is 1. The van der Waals surface area contributed by atoms with Crippen molar-refractivity contribution in [3.05, 3.63) is 0 Å². The molecule has 0 aromatic heterocycles. The van der Waals surface area contributed by atoms with Crippen LogP contribution in [0, 0.1) is 0 Å². The molecule has 2 aliphatic rings. The zero-order valence-electron chi connectivity index (χ0n) is 7.98. The molecule has 0 radical (unpaired) electrons. The zero-order valence-corrected chi connectivity index (χ0v) is 8.79. The predicted molar refractivity (Wildman–Crippen MR) is 50.0 cm³/mol. The quantitative estimate of drug-likeness (QED) is 0.498. The van der Waals surface area contributed by atoms with E-state index in [9.17, 15) is 13.5 Å². The van der Waals surface area contributed by atoms with Gasteiger partial charge in [-0.1, -0.05) is 0 Å². The number of aliphatic hydroxyl groups excluding tert-OH is 1. The lowest BCUT2D eigenvalue weighted by atomic mass is 10.2. The molecule has 0 aromatic rings. The Morgan fingerprint density at radius 3 is 2.36 bits per heavy atom. The molecule has 2 heterocycles. The molecule has 14 heavy (non-hydrogen) atoms. The third-order valence-corrected chi connectivity index (χ3v) is 4.70. The minimum Gasteiger partial charge on any atom is -0.386 e. The van der Waals surface area contributed by atoms with Crippen LogP contribution in [-0.4, -0.2) is 63.5 Å². The predicted octanol–water partition coefficient (Wildman–Crippen LogP) is -2.94. The van der Waals surface area contributed by atoms with Gasteiger partial charge in [0.05, 0.1) is 19.0 Å². The summed E-state index contributed by atoms with van der Waals surface area (Å²) in [5.41, 5.74) is 0. The van der Waals surface area contributed by atoms with Gasteiger partial charge in [0.2, 0.25) is 0 Å². The van der Waals surface area contributed by atoms with Crippen molar-refractivity contribution < 1.29 is 23.2 Å². The van der Waals surface area contributed by atoms with E-state index >= 15 is 0 Å². The average molecular weight is 222 g/mol. The van der Waals surface area contributed by atoms with Gasteiger partial charge >= 0.3 is 0 Å². The van der Waals surface area contributed by atoms with Gasteiger partial charge in [0.25, 0.3) is 0 Å². The van der Waals surface area contributed by atoms with Crippen LogP contribution in [0.15, 0.2) is 0 Å². The Hall–Kier alpha value is -0.170. The molecule has 0 bridgehead atoms. The van der Waals surface area contributed by atoms with Gasteiger partial charge in [-0.05, 0) is 0 Å². The molecule has 2 fully saturated rings. The van der Waals surface area contributed by atoms with Crippen LogP contribution in [0.2, 0.25) is 0 Å². The third kappa shape index (κ3) is 2.08. The first kappa shape index (κ1) is 10.4. The number of nitrogens with one attached hydrogen (secondary N) is 1. The Morgan fingerprint density at radius 1 is 1.21 bits per heavy atom. The van der Waals surface area contributed by atoms with Gasteiger partial charge in [-0.2, -0.15) is 0 Å². The maximum Gasteiger partial charge on any atom is 0.159 e. The molecule has 2 N–H and O–H groups in total. The normalized spacial score (nSPS) is 38.6. The molecular formula is C8H16NO4S+. The molecule has 0 spiro atoms. The molecule has 0 unspecified atom stereocenters. The molecule has 0 aliphatic carbocycles. The van der Waals surface area contributed by atoms with Gasteiger partial charge < -0.3 is 14.7 Å². The highest BCUT2D eigenvalue weighted by atomic mass is 32.2. The van der Waals surface area contributed by atoms with E-state index in [0.29, 0.717) is 13.2 Å². The zero-order chi connectivity index (χ0) is 10.2. The van der Waals surface area contributed by atoms with Gasteiger partial charge in [-0.25, -0.2) is 8.42 Å². The minimum atomic E-state index is -3.01. The number of aliphatic hydroxyl groups is 1. The third-order valence-electron chi connectivity index (χ3n) is 2.98. The number of hydrogen-bond donors (Lipinski definition) is 2. The first-order valence-electron chi connectivity index (χ1n) is 4.89. The molecule has 0 saturated carbocycles. The molecule has 2 rings (SSSR count). The molecule has 2 atom stereocenters. The summed E-state index contributed by atoms with van der Waals surface area (Å²) in [7, 11) is -3.01. The van der Waals surface area contributed by atoms with E-state index in [0.717, 1.165) is 13.1 Å². The van der Waals surface area contributed by atoms with E-state index in [-0.39, 0.29) is 17.5 Å². The van der Waals surface area contributed by atoms with E-state index in [4.69, 9.17) is 4.74 Å². The highest BCUT2D eigenvalue weighted by Gasteiger charge is 2.43. The summed E-state index contributed by atoms with van der Waals surface area (Å²) in [5.74, 6) is 0.0610. The SMILES string of the molecule is O=S1(=O)C[C@H](O)[C@@H]([NH+]2CCOCC2)C1. The summed E-state index contributed by atoms with van der Waals surface area (Å²) >= 11 is 0. The summed E-state index contributed by atoms with van der Waals surface area (Å²) in [4.78, 5) is 1.17. The summed E-state index contributed by atoms with van der Waals surface area (Å²) in [6.07, 6.45) is -0.687. The van der Waals surface area contributed by atoms with E-state index in [1.165, 1.54) is 4.90 Å². The van der Waals surface area contributed by atoms with E-state index in [1.807, 2.05) is 0 Å². The number of quaternary nitrogens is 1. The molecule has 82 valence electrons. The van der Waals surface area contributed by atoms with Crippen molar-refractivity contribution in [1.82, 2.24) is 0 Å². The molecule has 6 heteroatoms. The Bertz CT molecular complexity index is 296. The van der Waals surface area contributed by atoms with Crippen LogP contribution in [0.1, 0.15) is 0 Å². The van der Waals surface area contributed by atoms with Gasteiger partial charge in [-0.15, -0.1) is 0 Å². The Labute approximate surface area is 83.6 Å². The van der Waals surface area contributed by atoms with Crippen molar-refractivity contribution in [2.24, 2.45) is 0 Å². The molecule has 2 saturated heterocycles. The van der Waals surface area contributed by atoms with Crippen molar-refractivity contribution in [1.29, 1.82) is 0 Å². The largest absolute Gasteiger partial charge is 0.386 e. The summed E-state index contributed by atoms with van der Waals surface area (Å²) in [5, 5.41) is 9.64. The lowest BCUT2D eigenvalue weighted by Gasteiger charge is -2.29. The summed E-state index contributed by atoms with van der Waals surface area (Å²) < 4.78 is 27.8. The number of hydrogen-bond acceptors (Lipinski definition) is 4. The van der Waals surface area contributed by atoms with Crippen LogP contribution >= 0.6 is 0 Å². The first-order valence-corrected chi connectivity index (χ1v) is 6.71. The first-order chi connectivity index (χ1) is 6.58. The lowest BCUT2D eigenvalue weighted by Crippen LogP contribution is -3.19. The second-order valence-electron chi connectivity index (χ2n) is 4.02. The van der Waals surface area contributed by atoms with Crippen molar-refractivity contribution in [3.63, 3.8) is 0 Å². The van der Waals surface area contributed by atoms with Crippen molar-refractivity contribution in [3.8, 4) is 0 Å². The monoisotopic (exact) mass is 222 g/mol. The maximum absolute atomic E-state index is 11.3.